The van der Waals surface area contributed by atoms with Crippen LogP contribution in [0.4, 0.5) is 4.39 Å². The van der Waals surface area contributed by atoms with Crippen LogP contribution in [0.15, 0.2) is 29.2 Å². The maximum absolute atomic E-state index is 12.8. The van der Waals surface area contributed by atoms with E-state index in [9.17, 15) is 17.6 Å². The summed E-state index contributed by atoms with van der Waals surface area (Å²) in [6.45, 7) is -0.561. The van der Waals surface area contributed by atoms with Crippen molar-refractivity contribution in [1.82, 2.24) is 4.72 Å². The Morgan fingerprint density at radius 2 is 2.18 bits per heavy atom. The van der Waals surface area contributed by atoms with Crippen LogP contribution in [0.1, 0.15) is 0 Å². The summed E-state index contributed by atoms with van der Waals surface area (Å²) in [5.74, 6) is -1.75. The fraction of sp³-hybridized carbons (Fsp3) is 0.222. The Bertz CT molecular complexity index is 517. The van der Waals surface area contributed by atoms with Gasteiger partial charge in [0.05, 0.1) is 4.90 Å². The fourth-order valence-corrected chi connectivity index (χ4v) is 2.08. The summed E-state index contributed by atoms with van der Waals surface area (Å²) in [4.78, 5) is 10.2. The highest BCUT2D eigenvalue weighted by Gasteiger charge is 2.18. The number of hydrogen-bond donors (Lipinski definition) is 3. The van der Waals surface area contributed by atoms with E-state index in [0.717, 1.165) is 12.1 Å². The first-order chi connectivity index (χ1) is 7.83. The third kappa shape index (κ3) is 3.77. The Balaban J connectivity index is 2.79. The first-order valence-corrected chi connectivity index (χ1v) is 6.04. The average Bonchev–Trinajstić information content (AvgIpc) is 2.26. The standard InChI is InChI=1S/C9H11FN2O4S/c10-6-2-1-3-7(4-6)17(15,16)12-5-8(13)9(11)14/h1-4,8,12-13H,5H2,(H2,11,14). The minimum Gasteiger partial charge on any atom is -0.382 e. The third-order valence-corrected chi connectivity index (χ3v) is 3.32. The summed E-state index contributed by atoms with van der Waals surface area (Å²) in [5.41, 5.74) is 4.74. The maximum Gasteiger partial charge on any atom is 0.247 e. The van der Waals surface area contributed by atoms with Crippen LogP contribution in [0.25, 0.3) is 0 Å². The Hall–Kier alpha value is -1.51. The van der Waals surface area contributed by atoms with Crippen LogP contribution >= 0.6 is 0 Å². The van der Waals surface area contributed by atoms with Gasteiger partial charge in [0.15, 0.2) is 0 Å². The second-order valence-electron chi connectivity index (χ2n) is 3.23. The van der Waals surface area contributed by atoms with Crippen molar-refractivity contribution in [2.45, 2.75) is 11.0 Å². The van der Waals surface area contributed by atoms with Gasteiger partial charge in [-0.15, -0.1) is 0 Å². The van der Waals surface area contributed by atoms with Gasteiger partial charge < -0.3 is 10.8 Å². The van der Waals surface area contributed by atoms with Gasteiger partial charge in [0, 0.05) is 6.54 Å². The number of carbonyl (C=O) groups is 1. The normalized spacial score (nSPS) is 13.3. The number of aliphatic hydroxyl groups excluding tert-OH is 1. The van der Waals surface area contributed by atoms with Crippen LogP contribution in [-0.2, 0) is 14.8 Å². The zero-order valence-corrected chi connectivity index (χ0v) is 9.45. The van der Waals surface area contributed by atoms with E-state index in [-0.39, 0.29) is 4.90 Å². The van der Waals surface area contributed by atoms with Gasteiger partial charge in [-0.25, -0.2) is 17.5 Å². The lowest BCUT2D eigenvalue weighted by Crippen LogP contribution is -2.39. The first-order valence-electron chi connectivity index (χ1n) is 4.55. The second kappa shape index (κ2) is 5.21. The number of aliphatic hydroxyl groups is 1. The van der Waals surface area contributed by atoms with Gasteiger partial charge in [-0.1, -0.05) is 6.07 Å². The number of nitrogens with two attached hydrogens (primary N) is 1. The lowest BCUT2D eigenvalue weighted by Gasteiger charge is -2.09. The van der Waals surface area contributed by atoms with Crippen molar-refractivity contribution in [3.63, 3.8) is 0 Å². The molecule has 6 nitrogen and oxygen atoms in total. The van der Waals surface area contributed by atoms with E-state index in [2.05, 4.69) is 0 Å². The number of nitrogens with one attached hydrogen (secondary N) is 1. The van der Waals surface area contributed by atoms with Gasteiger partial charge in [0.2, 0.25) is 15.9 Å². The molecule has 0 saturated carbocycles. The summed E-state index contributed by atoms with van der Waals surface area (Å²) in [5, 5.41) is 9.02. The Morgan fingerprint density at radius 1 is 1.53 bits per heavy atom. The van der Waals surface area contributed by atoms with Crippen LogP contribution in [0.2, 0.25) is 0 Å². The molecule has 0 aliphatic heterocycles. The Labute approximate surface area is 97.3 Å². The van der Waals surface area contributed by atoms with Crippen LogP contribution in [0.5, 0.6) is 0 Å². The molecule has 0 spiro atoms. The number of amides is 1. The summed E-state index contributed by atoms with van der Waals surface area (Å²) in [6.07, 6.45) is -1.63. The minimum atomic E-state index is -3.97. The predicted molar refractivity (Wildman–Crippen MR) is 56.8 cm³/mol. The van der Waals surface area contributed by atoms with Gasteiger partial charge in [0.1, 0.15) is 11.9 Å². The van der Waals surface area contributed by atoms with Crippen LogP contribution in [-0.4, -0.2) is 32.1 Å². The molecule has 0 heterocycles. The highest BCUT2D eigenvalue weighted by Crippen LogP contribution is 2.09. The molecule has 0 aliphatic carbocycles. The molecule has 0 aliphatic rings. The zero-order valence-electron chi connectivity index (χ0n) is 8.63. The number of primary amides is 1. The van der Waals surface area contributed by atoms with Crippen molar-refractivity contribution >= 4 is 15.9 Å². The van der Waals surface area contributed by atoms with E-state index in [1.54, 1.807) is 0 Å². The number of rotatable bonds is 5. The fourth-order valence-electron chi connectivity index (χ4n) is 1.01. The number of halogens is 1. The molecule has 94 valence electrons. The van der Waals surface area contributed by atoms with E-state index in [1.165, 1.54) is 12.1 Å². The molecule has 4 N–H and O–H groups in total. The summed E-state index contributed by atoms with van der Waals surface area (Å²) >= 11 is 0. The number of sulfonamides is 1. The molecule has 1 amide bonds. The van der Waals surface area contributed by atoms with Crippen molar-refractivity contribution in [1.29, 1.82) is 0 Å². The van der Waals surface area contributed by atoms with E-state index in [4.69, 9.17) is 10.8 Å². The predicted octanol–water partition coefficient (Wildman–Crippen LogP) is -1.05. The van der Waals surface area contributed by atoms with Crippen molar-refractivity contribution < 1.29 is 22.7 Å². The Kier molecular flexibility index (Phi) is 4.16. The lowest BCUT2D eigenvalue weighted by atomic mass is 10.3. The smallest absolute Gasteiger partial charge is 0.247 e. The molecule has 8 heteroatoms. The van der Waals surface area contributed by atoms with Crippen molar-refractivity contribution in [3.05, 3.63) is 30.1 Å². The number of carbonyl (C=O) groups excluding carboxylic acids is 1. The highest BCUT2D eigenvalue weighted by atomic mass is 32.2. The van der Waals surface area contributed by atoms with E-state index in [0.29, 0.717) is 0 Å². The molecule has 0 saturated heterocycles. The topological polar surface area (TPSA) is 109 Å². The molecule has 0 fully saturated rings. The first kappa shape index (κ1) is 13.6. The van der Waals surface area contributed by atoms with Crippen molar-refractivity contribution in [3.8, 4) is 0 Å². The third-order valence-electron chi connectivity index (χ3n) is 1.90. The molecular weight excluding hydrogens is 251 g/mol. The van der Waals surface area contributed by atoms with Crippen molar-refractivity contribution in [2.75, 3.05) is 6.54 Å². The van der Waals surface area contributed by atoms with Crippen LogP contribution in [0.3, 0.4) is 0 Å². The van der Waals surface area contributed by atoms with Crippen LogP contribution < -0.4 is 10.5 Å². The highest BCUT2D eigenvalue weighted by molar-refractivity contribution is 7.89. The van der Waals surface area contributed by atoms with E-state index in [1.807, 2.05) is 4.72 Å². The number of hydrogen-bond acceptors (Lipinski definition) is 4. The quantitative estimate of drug-likeness (QED) is 0.629. The molecule has 0 radical (unpaired) electrons. The monoisotopic (exact) mass is 262 g/mol. The van der Waals surface area contributed by atoms with E-state index >= 15 is 0 Å². The molecule has 1 atom stereocenters. The Morgan fingerprint density at radius 3 is 2.71 bits per heavy atom. The molecule has 1 rings (SSSR count). The molecule has 0 aromatic heterocycles. The largest absolute Gasteiger partial charge is 0.382 e. The molecule has 17 heavy (non-hydrogen) atoms. The van der Waals surface area contributed by atoms with Crippen molar-refractivity contribution in [2.24, 2.45) is 5.73 Å². The summed E-state index contributed by atoms with van der Waals surface area (Å²) in [7, 11) is -3.97. The van der Waals surface area contributed by atoms with Gasteiger partial charge in [0.25, 0.3) is 0 Å². The summed E-state index contributed by atoms with van der Waals surface area (Å²) in [6, 6.07) is 4.33. The van der Waals surface area contributed by atoms with Crippen LogP contribution in [0, 0.1) is 5.82 Å². The average molecular weight is 262 g/mol. The molecule has 1 unspecified atom stereocenters. The molecular formula is C9H11FN2O4S. The number of benzene rings is 1. The van der Waals surface area contributed by atoms with Gasteiger partial charge in [-0.2, -0.15) is 0 Å². The van der Waals surface area contributed by atoms with E-state index < -0.39 is 34.4 Å². The zero-order chi connectivity index (χ0) is 13.1. The van der Waals surface area contributed by atoms with Gasteiger partial charge in [-0.05, 0) is 18.2 Å². The molecule has 1 aromatic rings. The summed E-state index contributed by atoms with van der Waals surface area (Å²) < 4.78 is 37.9. The minimum absolute atomic E-state index is 0.297. The molecule has 0 bridgehead atoms. The maximum atomic E-state index is 12.8. The van der Waals surface area contributed by atoms with Gasteiger partial charge in [-0.3, -0.25) is 4.79 Å². The lowest BCUT2D eigenvalue weighted by molar-refractivity contribution is -0.125. The second-order valence-corrected chi connectivity index (χ2v) is 4.99. The SMILES string of the molecule is NC(=O)C(O)CNS(=O)(=O)c1cccc(F)c1. The van der Waals surface area contributed by atoms with Gasteiger partial charge >= 0.3 is 0 Å². The molecule has 1 aromatic carbocycles.